The van der Waals surface area contributed by atoms with Gasteiger partial charge in [0.25, 0.3) is 0 Å². The Bertz CT molecular complexity index is 1330. The molecule has 2 N–H and O–H groups in total. The minimum Gasteiger partial charge on any atom is -0.493 e. The number of imidazole rings is 1. The fourth-order valence-electron chi connectivity index (χ4n) is 3.54. The van der Waals surface area contributed by atoms with E-state index in [2.05, 4.69) is 25.3 Å². The minimum absolute atomic E-state index is 0.0333. The van der Waals surface area contributed by atoms with Crippen LogP contribution in [0.1, 0.15) is 29.7 Å². The van der Waals surface area contributed by atoms with Crippen molar-refractivity contribution in [2.24, 2.45) is 0 Å². The summed E-state index contributed by atoms with van der Waals surface area (Å²) in [6.45, 7) is 2.82. The number of ether oxygens (including phenoxy) is 1. The molecule has 0 atom stereocenters. The number of hydrogen-bond donors (Lipinski definition) is 2. The summed E-state index contributed by atoms with van der Waals surface area (Å²) in [5, 5.41) is 12.8. The van der Waals surface area contributed by atoms with Gasteiger partial charge in [-0.3, -0.25) is 4.98 Å². The van der Waals surface area contributed by atoms with E-state index in [1.165, 1.54) is 12.1 Å². The van der Waals surface area contributed by atoms with Crippen molar-refractivity contribution in [2.75, 3.05) is 13.2 Å². The van der Waals surface area contributed by atoms with E-state index >= 15 is 0 Å². The summed E-state index contributed by atoms with van der Waals surface area (Å²) in [4.78, 5) is 16.1. The Balaban J connectivity index is 1.58. The molecular weight excluding hydrogens is 445 g/mol. The van der Waals surface area contributed by atoms with Crippen molar-refractivity contribution in [3.63, 3.8) is 0 Å². The number of fused-ring (bicyclic) bond motifs is 1. The molecule has 0 saturated heterocycles. The van der Waals surface area contributed by atoms with Gasteiger partial charge in [-0.1, -0.05) is 6.07 Å². The van der Waals surface area contributed by atoms with Crippen molar-refractivity contribution in [3.8, 4) is 23.1 Å². The molecule has 0 aliphatic heterocycles. The molecule has 4 aromatic rings. The van der Waals surface area contributed by atoms with Crippen molar-refractivity contribution in [1.82, 2.24) is 25.3 Å². The number of alkyl halides is 3. The smallest absolute Gasteiger partial charge is 0.419 e. The van der Waals surface area contributed by atoms with Crippen molar-refractivity contribution >= 4 is 11.0 Å². The lowest BCUT2D eigenvalue weighted by atomic mass is 10.1. The summed E-state index contributed by atoms with van der Waals surface area (Å²) in [5.41, 5.74) is 1.45. The summed E-state index contributed by atoms with van der Waals surface area (Å²) in [7, 11) is 0. The van der Waals surface area contributed by atoms with Gasteiger partial charge >= 0.3 is 6.18 Å². The van der Waals surface area contributed by atoms with Crippen LogP contribution in [0.25, 0.3) is 22.3 Å². The van der Waals surface area contributed by atoms with Crippen LogP contribution in [-0.2, 0) is 19.1 Å². The average molecular weight is 466 g/mol. The molecule has 0 fully saturated rings. The van der Waals surface area contributed by atoms with Crippen LogP contribution in [0.2, 0.25) is 0 Å². The fourth-order valence-corrected chi connectivity index (χ4v) is 3.54. The second kappa shape index (κ2) is 9.89. The maximum atomic E-state index is 13.5. The van der Waals surface area contributed by atoms with Gasteiger partial charge in [-0.2, -0.15) is 18.4 Å². The highest BCUT2D eigenvalue weighted by Gasteiger charge is 2.35. The molecular formula is C24H21F3N6O. The van der Waals surface area contributed by atoms with Crippen LogP contribution in [0.15, 0.2) is 48.7 Å². The van der Waals surface area contributed by atoms with Gasteiger partial charge in [0, 0.05) is 30.4 Å². The lowest BCUT2D eigenvalue weighted by Crippen LogP contribution is -2.17. The van der Waals surface area contributed by atoms with Gasteiger partial charge in [0.15, 0.2) is 5.69 Å². The number of rotatable bonds is 8. The van der Waals surface area contributed by atoms with E-state index in [0.29, 0.717) is 29.9 Å². The SMILES string of the molecule is CCOc1ccc(-c2cc3[nH]c(CNCCc4ccccn4)nc3c(C#N)n2)cc1C(F)(F)F. The molecule has 10 heteroatoms. The lowest BCUT2D eigenvalue weighted by Gasteiger charge is -2.14. The van der Waals surface area contributed by atoms with Crippen LogP contribution >= 0.6 is 0 Å². The summed E-state index contributed by atoms with van der Waals surface area (Å²) in [6, 6.07) is 13.1. The van der Waals surface area contributed by atoms with E-state index in [-0.39, 0.29) is 29.3 Å². The van der Waals surface area contributed by atoms with Gasteiger partial charge in [-0.05, 0) is 43.3 Å². The zero-order chi connectivity index (χ0) is 24.1. The molecule has 3 heterocycles. The number of nitriles is 1. The van der Waals surface area contributed by atoms with E-state index in [9.17, 15) is 18.4 Å². The summed E-state index contributed by atoms with van der Waals surface area (Å²) in [6.07, 6.45) is -2.11. The van der Waals surface area contributed by atoms with E-state index in [0.717, 1.165) is 18.2 Å². The number of benzene rings is 1. The molecule has 174 valence electrons. The van der Waals surface area contributed by atoms with Gasteiger partial charge in [0.1, 0.15) is 23.2 Å². The van der Waals surface area contributed by atoms with Crippen LogP contribution in [0.3, 0.4) is 0 Å². The predicted molar refractivity (Wildman–Crippen MR) is 120 cm³/mol. The molecule has 0 unspecified atom stereocenters. The topological polar surface area (TPSA) is 99.5 Å². The Morgan fingerprint density at radius 3 is 2.71 bits per heavy atom. The summed E-state index contributed by atoms with van der Waals surface area (Å²) in [5.74, 6) is 0.343. The van der Waals surface area contributed by atoms with Crippen molar-refractivity contribution in [2.45, 2.75) is 26.1 Å². The average Bonchev–Trinajstić information content (AvgIpc) is 3.24. The normalized spacial score (nSPS) is 11.5. The molecule has 4 rings (SSSR count). The van der Waals surface area contributed by atoms with Crippen LogP contribution in [0.4, 0.5) is 13.2 Å². The maximum Gasteiger partial charge on any atom is 0.419 e. The third kappa shape index (κ3) is 5.15. The van der Waals surface area contributed by atoms with E-state index in [4.69, 9.17) is 4.74 Å². The first-order valence-electron chi connectivity index (χ1n) is 10.6. The van der Waals surface area contributed by atoms with E-state index in [1.54, 1.807) is 19.2 Å². The first-order chi connectivity index (χ1) is 16.4. The van der Waals surface area contributed by atoms with Gasteiger partial charge in [-0.25, -0.2) is 9.97 Å². The van der Waals surface area contributed by atoms with Gasteiger partial charge in [0.2, 0.25) is 0 Å². The monoisotopic (exact) mass is 466 g/mol. The highest BCUT2D eigenvalue weighted by Crippen LogP contribution is 2.39. The summed E-state index contributed by atoms with van der Waals surface area (Å²) < 4.78 is 45.8. The molecule has 0 aliphatic rings. The standard InChI is InChI=1S/C24H21F3N6O/c1-2-34-21-7-6-15(11-17(21)24(25,26)27)18-12-19-23(20(13-28)31-18)33-22(32-19)14-29-10-8-16-5-3-4-9-30-16/h3-7,9,11-12,29H,2,8,10,14H2,1H3,(H,32,33). The van der Waals surface area contributed by atoms with Gasteiger partial charge in [-0.15, -0.1) is 0 Å². The van der Waals surface area contributed by atoms with E-state index < -0.39 is 11.7 Å². The molecule has 0 saturated carbocycles. The maximum absolute atomic E-state index is 13.5. The predicted octanol–water partition coefficient (Wildman–Crippen LogP) is 4.64. The Morgan fingerprint density at radius 2 is 2.00 bits per heavy atom. The van der Waals surface area contributed by atoms with Crippen LogP contribution in [-0.4, -0.2) is 33.1 Å². The number of nitrogens with zero attached hydrogens (tertiary/aromatic N) is 4. The Kier molecular flexibility index (Phi) is 6.75. The number of hydrogen-bond acceptors (Lipinski definition) is 6. The highest BCUT2D eigenvalue weighted by molar-refractivity contribution is 5.84. The Morgan fingerprint density at radius 1 is 1.15 bits per heavy atom. The molecule has 1 aromatic carbocycles. The lowest BCUT2D eigenvalue weighted by molar-refractivity contribution is -0.138. The highest BCUT2D eigenvalue weighted by atomic mass is 19.4. The minimum atomic E-state index is -4.59. The first kappa shape index (κ1) is 23.2. The summed E-state index contributed by atoms with van der Waals surface area (Å²) >= 11 is 0. The van der Waals surface area contributed by atoms with Crippen molar-refractivity contribution in [3.05, 3.63) is 71.4 Å². The molecule has 34 heavy (non-hydrogen) atoms. The van der Waals surface area contributed by atoms with E-state index in [1.807, 2.05) is 24.3 Å². The molecule has 0 bridgehead atoms. The Hall–Kier alpha value is -3.97. The molecule has 0 amide bonds. The number of H-pyrrole nitrogens is 1. The largest absolute Gasteiger partial charge is 0.493 e. The second-order valence-electron chi connectivity index (χ2n) is 7.44. The second-order valence-corrected chi connectivity index (χ2v) is 7.44. The molecule has 3 aromatic heterocycles. The molecule has 0 aliphatic carbocycles. The number of halogens is 3. The molecule has 7 nitrogen and oxygen atoms in total. The fraction of sp³-hybridized carbons (Fsp3) is 0.250. The Labute approximate surface area is 193 Å². The zero-order valence-corrected chi connectivity index (χ0v) is 18.3. The molecule has 0 spiro atoms. The van der Waals surface area contributed by atoms with Crippen LogP contribution in [0.5, 0.6) is 5.75 Å². The number of aromatic amines is 1. The zero-order valence-electron chi connectivity index (χ0n) is 18.3. The molecule has 0 radical (unpaired) electrons. The van der Waals surface area contributed by atoms with Crippen LogP contribution < -0.4 is 10.1 Å². The third-order valence-electron chi connectivity index (χ3n) is 5.08. The third-order valence-corrected chi connectivity index (χ3v) is 5.08. The number of aromatic nitrogens is 4. The first-order valence-corrected chi connectivity index (χ1v) is 10.6. The van der Waals surface area contributed by atoms with Gasteiger partial charge in [0.05, 0.1) is 29.9 Å². The van der Waals surface area contributed by atoms with Crippen molar-refractivity contribution < 1.29 is 17.9 Å². The van der Waals surface area contributed by atoms with Crippen molar-refractivity contribution in [1.29, 1.82) is 5.26 Å². The van der Waals surface area contributed by atoms with Gasteiger partial charge < -0.3 is 15.0 Å². The number of nitrogens with one attached hydrogen (secondary N) is 2. The number of pyridine rings is 2. The quantitative estimate of drug-likeness (QED) is 0.367. The van der Waals surface area contributed by atoms with Crippen LogP contribution in [0, 0.1) is 11.3 Å².